The highest BCUT2D eigenvalue weighted by Crippen LogP contribution is 2.18. The van der Waals surface area contributed by atoms with E-state index in [4.69, 9.17) is 14.2 Å². The van der Waals surface area contributed by atoms with Gasteiger partial charge in [0, 0.05) is 25.6 Å². The van der Waals surface area contributed by atoms with Crippen LogP contribution in [0, 0.1) is 5.82 Å². The first kappa shape index (κ1) is 28.4. The van der Waals surface area contributed by atoms with E-state index in [9.17, 15) is 19.1 Å². The number of rotatable bonds is 15. The number of carboxylic acid groups (broad SMARTS) is 1. The van der Waals surface area contributed by atoms with E-state index in [2.05, 4.69) is 5.32 Å². The van der Waals surface area contributed by atoms with E-state index in [0.717, 1.165) is 36.8 Å². The second-order valence-corrected chi connectivity index (χ2v) is 9.08. The van der Waals surface area contributed by atoms with Gasteiger partial charge in [0.25, 0.3) is 0 Å². The van der Waals surface area contributed by atoms with Gasteiger partial charge in [0.15, 0.2) is 6.10 Å². The highest BCUT2D eigenvalue weighted by molar-refractivity contribution is 5.74. The van der Waals surface area contributed by atoms with Crippen LogP contribution in [-0.4, -0.2) is 67.1 Å². The van der Waals surface area contributed by atoms with Crippen molar-refractivity contribution in [3.63, 3.8) is 0 Å². The fraction of sp³-hybridized carbons (Fsp3) is 0.500. The Hall–Kier alpha value is -3.17. The van der Waals surface area contributed by atoms with Crippen LogP contribution in [0.1, 0.15) is 43.7 Å². The summed E-state index contributed by atoms with van der Waals surface area (Å²) in [5.74, 6) is -0.640. The van der Waals surface area contributed by atoms with E-state index in [1.165, 1.54) is 12.1 Å². The highest BCUT2D eigenvalue weighted by atomic mass is 19.1. The third-order valence-electron chi connectivity index (χ3n) is 6.28. The second kappa shape index (κ2) is 15.2. The molecule has 1 fully saturated rings. The predicted octanol–water partition coefficient (Wildman–Crippen LogP) is 4.41. The van der Waals surface area contributed by atoms with E-state index in [-0.39, 0.29) is 24.3 Å². The summed E-state index contributed by atoms with van der Waals surface area (Å²) in [5, 5.41) is 12.4. The van der Waals surface area contributed by atoms with E-state index < -0.39 is 12.1 Å². The van der Waals surface area contributed by atoms with Crippen molar-refractivity contribution in [2.75, 3.05) is 32.9 Å². The first-order valence-electron chi connectivity index (χ1n) is 12.9. The van der Waals surface area contributed by atoms with Gasteiger partial charge in [-0.1, -0.05) is 37.1 Å². The lowest BCUT2D eigenvalue weighted by atomic mass is 10.1. The molecule has 0 spiro atoms. The Morgan fingerprint density at radius 2 is 1.68 bits per heavy atom. The molecule has 1 aliphatic carbocycles. The molecule has 202 valence electrons. The summed E-state index contributed by atoms with van der Waals surface area (Å²) >= 11 is 0. The molecule has 0 heterocycles. The van der Waals surface area contributed by atoms with E-state index >= 15 is 0 Å². The number of carbonyl (C=O) groups excluding carboxylic acids is 1. The van der Waals surface area contributed by atoms with Crippen molar-refractivity contribution in [2.24, 2.45) is 0 Å². The van der Waals surface area contributed by atoms with Gasteiger partial charge in [-0.15, -0.1) is 0 Å². The van der Waals surface area contributed by atoms with Gasteiger partial charge in [-0.25, -0.2) is 14.0 Å². The highest BCUT2D eigenvalue weighted by Gasteiger charge is 2.21. The summed E-state index contributed by atoms with van der Waals surface area (Å²) in [6, 6.07) is 13.4. The Kier molecular flexibility index (Phi) is 11.6. The van der Waals surface area contributed by atoms with Gasteiger partial charge in [0.2, 0.25) is 0 Å². The molecule has 0 bridgehead atoms. The van der Waals surface area contributed by atoms with Crippen LogP contribution in [0.2, 0.25) is 0 Å². The normalized spacial score (nSPS) is 14.3. The van der Waals surface area contributed by atoms with Crippen LogP contribution in [0.15, 0.2) is 48.5 Å². The number of hydrogen-bond donors (Lipinski definition) is 2. The maximum atomic E-state index is 13.1. The monoisotopic (exact) mass is 516 g/mol. The van der Waals surface area contributed by atoms with Crippen molar-refractivity contribution in [3.8, 4) is 5.75 Å². The molecule has 2 amide bonds. The third kappa shape index (κ3) is 10.0. The molecule has 0 aliphatic heterocycles. The van der Waals surface area contributed by atoms with Crippen molar-refractivity contribution >= 4 is 12.0 Å². The van der Waals surface area contributed by atoms with Crippen molar-refractivity contribution in [1.82, 2.24) is 10.2 Å². The Morgan fingerprint density at radius 3 is 2.32 bits per heavy atom. The van der Waals surface area contributed by atoms with Gasteiger partial charge in [0.1, 0.15) is 18.2 Å². The van der Waals surface area contributed by atoms with Crippen molar-refractivity contribution in [1.29, 1.82) is 0 Å². The standard InChI is InChI=1S/C28H37FN2O6/c1-2-36-26(27(32)33)19-21-9-13-25(14-10-21)37-18-16-31(28(34)30-24-5-3-4-6-24)15-17-35-20-22-7-11-23(29)12-8-22/h7-14,24,26H,2-6,15-20H2,1H3,(H,30,34)(H,32,33). The number of carbonyl (C=O) groups is 2. The summed E-state index contributed by atoms with van der Waals surface area (Å²) in [6.07, 6.45) is 3.64. The molecule has 37 heavy (non-hydrogen) atoms. The van der Waals surface area contributed by atoms with Crippen molar-refractivity contribution < 1.29 is 33.3 Å². The number of nitrogens with zero attached hydrogens (tertiary/aromatic N) is 1. The minimum absolute atomic E-state index is 0.133. The number of halogens is 1. The Balaban J connectivity index is 1.47. The number of benzene rings is 2. The molecule has 2 N–H and O–H groups in total. The minimum atomic E-state index is -0.986. The average Bonchev–Trinajstić information content (AvgIpc) is 3.40. The first-order valence-corrected chi connectivity index (χ1v) is 12.9. The molecule has 3 rings (SSSR count). The fourth-order valence-corrected chi connectivity index (χ4v) is 4.22. The fourth-order valence-electron chi connectivity index (χ4n) is 4.22. The van der Waals surface area contributed by atoms with E-state index in [1.807, 2.05) is 12.1 Å². The largest absolute Gasteiger partial charge is 0.492 e. The number of hydrogen-bond acceptors (Lipinski definition) is 5. The maximum absolute atomic E-state index is 13.1. The van der Waals surface area contributed by atoms with Gasteiger partial charge in [-0.05, 0) is 55.2 Å². The molecule has 1 unspecified atom stereocenters. The topological polar surface area (TPSA) is 97.3 Å². The molecular weight excluding hydrogens is 479 g/mol. The molecule has 8 nitrogen and oxygen atoms in total. The van der Waals surface area contributed by atoms with Crippen LogP contribution in [0.4, 0.5) is 9.18 Å². The molecule has 2 aromatic rings. The SMILES string of the molecule is CCOC(Cc1ccc(OCCN(CCOCc2ccc(F)cc2)C(=O)NC2CCCC2)cc1)C(=O)O. The number of carboxylic acids is 1. The van der Waals surface area contributed by atoms with Crippen LogP contribution < -0.4 is 10.1 Å². The smallest absolute Gasteiger partial charge is 0.333 e. The summed E-state index contributed by atoms with van der Waals surface area (Å²) in [6.45, 7) is 3.86. The number of amides is 2. The van der Waals surface area contributed by atoms with Gasteiger partial charge in [-0.2, -0.15) is 0 Å². The van der Waals surface area contributed by atoms with Crippen LogP contribution in [0.3, 0.4) is 0 Å². The van der Waals surface area contributed by atoms with Crippen molar-refractivity contribution in [2.45, 2.75) is 57.8 Å². The molecule has 0 saturated heterocycles. The molecular formula is C28H37FN2O6. The van der Waals surface area contributed by atoms with Crippen LogP contribution in [0.5, 0.6) is 5.75 Å². The lowest BCUT2D eigenvalue weighted by Gasteiger charge is -2.25. The lowest BCUT2D eigenvalue weighted by Crippen LogP contribution is -2.46. The molecule has 1 saturated carbocycles. The van der Waals surface area contributed by atoms with Gasteiger partial charge < -0.3 is 29.5 Å². The molecule has 0 radical (unpaired) electrons. The first-order chi connectivity index (χ1) is 17.9. The zero-order valence-electron chi connectivity index (χ0n) is 21.4. The summed E-state index contributed by atoms with van der Waals surface area (Å²) in [4.78, 5) is 25.9. The van der Waals surface area contributed by atoms with Crippen LogP contribution in [0.25, 0.3) is 0 Å². The van der Waals surface area contributed by atoms with Gasteiger partial charge in [-0.3, -0.25) is 0 Å². The summed E-state index contributed by atoms with van der Waals surface area (Å²) in [5.41, 5.74) is 1.70. The summed E-state index contributed by atoms with van der Waals surface area (Å²) in [7, 11) is 0. The number of urea groups is 1. The Labute approximate surface area is 217 Å². The van der Waals surface area contributed by atoms with Crippen LogP contribution in [-0.2, 0) is 27.3 Å². The number of aliphatic carboxylic acids is 1. The quantitative estimate of drug-likeness (QED) is 0.341. The average molecular weight is 517 g/mol. The number of ether oxygens (including phenoxy) is 3. The molecule has 1 atom stereocenters. The van der Waals surface area contributed by atoms with E-state index in [0.29, 0.717) is 45.3 Å². The van der Waals surface area contributed by atoms with Gasteiger partial charge >= 0.3 is 12.0 Å². The van der Waals surface area contributed by atoms with E-state index in [1.54, 1.807) is 36.1 Å². The Bertz CT molecular complexity index is 964. The maximum Gasteiger partial charge on any atom is 0.333 e. The second-order valence-electron chi connectivity index (χ2n) is 9.08. The minimum Gasteiger partial charge on any atom is -0.492 e. The molecule has 1 aliphatic rings. The number of nitrogens with one attached hydrogen (secondary N) is 1. The molecule has 2 aromatic carbocycles. The molecule has 9 heteroatoms. The van der Waals surface area contributed by atoms with Gasteiger partial charge in [0.05, 0.1) is 19.8 Å². The zero-order valence-corrected chi connectivity index (χ0v) is 21.4. The molecule has 0 aromatic heterocycles. The zero-order chi connectivity index (χ0) is 26.5. The Morgan fingerprint density at radius 1 is 1.03 bits per heavy atom. The van der Waals surface area contributed by atoms with Crippen LogP contribution >= 0.6 is 0 Å². The predicted molar refractivity (Wildman–Crippen MR) is 137 cm³/mol. The lowest BCUT2D eigenvalue weighted by molar-refractivity contribution is -0.149. The summed E-state index contributed by atoms with van der Waals surface area (Å²) < 4.78 is 29.9. The van der Waals surface area contributed by atoms with Crippen molar-refractivity contribution in [3.05, 3.63) is 65.5 Å². The third-order valence-corrected chi connectivity index (χ3v) is 6.28.